The topological polar surface area (TPSA) is 30.5 Å². The lowest BCUT2D eigenvalue weighted by molar-refractivity contribution is 0.0971. The Hall–Kier alpha value is -1.06. The Kier molecular flexibility index (Phi) is 9.98. The molecule has 0 aromatic heterocycles. The third-order valence-corrected chi connectivity index (χ3v) is 2.93. The lowest BCUT2D eigenvalue weighted by Crippen LogP contribution is -2.20. The Morgan fingerprint density at radius 3 is 2.50 bits per heavy atom. The summed E-state index contributed by atoms with van der Waals surface area (Å²) in [4.78, 5) is 0. The summed E-state index contributed by atoms with van der Waals surface area (Å²) in [6, 6.07) is 9.86. The molecule has 0 radical (unpaired) electrons. The second-order valence-electron chi connectivity index (χ2n) is 5.43. The van der Waals surface area contributed by atoms with E-state index in [2.05, 4.69) is 19.2 Å². The van der Waals surface area contributed by atoms with Gasteiger partial charge >= 0.3 is 0 Å². The van der Waals surface area contributed by atoms with E-state index in [1.807, 2.05) is 30.3 Å². The zero-order chi connectivity index (χ0) is 14.5. The first-order chi connectivity index (χ1) is 9.79. The van der Waals surface area contributed by atoms with Gasteiger partial charge in [0, 0.05) is 6.61 Å². The maximum absolute atomic E-state index is 5.55. The van der Waals surface area contributed by atoms with Crippen molar-refractivity contribution in [1.29, 1.82) is 0 Å². The second-order valence-corrected chi connectivity index (χ2v) is 5.43. The van der Waals surface area contributed by atoms with Crippen molar-refractivity contribution >= 4 is 0 Å². The van der Waals surface area contributed by atoms with Crippen LogP contribution >= 0.6 is 0 Å². The van der Waals surface area contributed by atoms with Crippen LogP contribution in [0.2, 0.25) is 0 Å². The average molecular weight is 279 g/mol. The molecule has 0 saturated carbocycles. The smallest absolute Gasteiger partial charge is 0.119 e. The van der Waals surface area contributed by atoms with Gasteiger partial charge in [-0.25, -0.2) is 0 Å². The van der Waals surface area contributed by atoms with Crippen molar-refractivity contribution in [2.24, 2.45) is 5.92 Å². The molecule has 1 aromatic rings. The van der Waals surface area contributed by atoms with Crippen LogP contribution < -0.4 is 10.1 Å². The maximum Gasteiger partial charge on any atom is 0.119 e. The first kappa shape index (κ1) is 17.0. The van der Waals surface area contributed by atoms with E-state index < -0.39 is 0 Å². The van der Waals surface area contributed by atoms with E-state index in [-0.39, 0.29) is 0 Å². The Morgan fingerprint density at radius 1 is 0.950 bits per heavy atom. The Labute approximate surface area is 123 Å². The first-order valence-electron chi connectivity index (χ1n) is 7.75. The van der Waals surface area contributed by atoms with Gasteiger partial charge in [0.15, 0.2) is 0 Å². The summed E-state index contributed by atoms with van der Waals surface area (Å²) in [7, 11) is 0. The van der Waals surface area contributed by atoms with E-state index >= 15 is 0 Å². The molecule has 0 aliphatic carbocycles. The largest absolute Gasteiger partial charge is 0.491 e. The molecule has 1 aromatic carbocycles. The van der Waals surface area contributed by atoms with Crippen LogP contribution in [0, 0.1) is 5.92 Å². The van der Waals surface area contributed by atoms with Gasteiger partial charge in [-0.2, -0.15) is 0 Å². The average Bonchev–Trinajstić information content (AvgIpc) is 2.45. The fraction of sp³-hybridized carbons (Fsp3) is 0.647. The van der Waals surface area contributed by atoms with E-state index in [0.29, 0.717) is 13.2 Å². The monoisotopic (exact) mass is 279 g/mol. The van der Waals surface area contributed by atoms with Crippen molar-refractivity contribution in [3.05, 3.63) is 30.3 Å². The molecule has 3 nitrogen and oxygen atoms in total. The number of unbranched alkanes of at least 4 members (excludes halogenated alkanes) is 2. The number of hydrogen-bond donors (Lipinski definition) is 1. The van der Waals surface area contributed by atoms with E-state index in [4.69, 9.17) is 9.47 Å². The molecule has 0 amide bonds. The molecule has 1 N–H and O–H groups in total. The number of hydrogen-bond acceptors (Lipinski definition) is 3. The third-order valence-electron chi connectivity index (χ3n) is 2.93. The molecule has 20 heavy (non-hydrogen) atoms. The Morgan fingerprint density at radius 2 is 1.75 bits per heavy atom. The number of nitrogens with one attached hydrogen (secondary N) is 1. The number of rotatable bonds is 12. The SMILES string of the molecule is CC(C)CNCCCCCOCCOc1ccccc1. The predicted octanol–water partition coefficient (Wildman–Crippen LogP) is 3.50. The maximum atomic E-state index is 5.55. The van der Waals surface area contributed by atoms with E-state index in [0.717, 1.165) is 37.8 Å². The molecule has 0 bridgehead atoms. The number of benzene rings is 1. The van der Waals surface area contributed by atoms with Gasteiger partial charge in [0.05, 0.1) is 6.61 Å². The van der Waals surface area contributed by atoms with E-state index in [1.54, 1.807) is 0 Å². The van der Waals surface area contributed by atoms with Gasteiger partial charge < -0.3 is 14.8 Å². The van der Waals surface area contributed by atoms with Gasteiger partial charge in [0.1, 0.15) is 12.4 Å². The highest BCUT2D eigenvalue weighted by Gasteiger charge is 1.95. The summed E-state index contributed by atoms with van der Waals surface area (Å²) in [6.45, 7) is 8.84. The summed E-state index contributed by atoms with van der Waals surface area (Å²) in [5.41, 5.74) is 0. The lowest BCUT2D eigenvalue weighted by Gasteiger charge is -2.08. The van der Waals surface area contributed by atoms with Gasteiger partial charge in [-0.3, -0.25) is 0 Å². The molecule has 0 aliphatic heterocycles. The van der Waals surface area contributed by atoms with Gasteiger partial charge in [0.2, 0.25) is 0 Å². The zero-order valence-corrected chi connectivity index (χ0v) is 12.9. The van der Waals surface area contributed by atoms with Crippen molar-refractivity contribution in [3.8, 4) is 5.75 Å². The van der Waals surface area contributed by atoms with Crippen LogP contribution in [0.15, 0.2) is 30.3 Å². The minimum Gasteiger partial charge on any atom is -0.491 e. The minimum atomic E-state index is 0.625. The number of para-hydroxylation sites is 1. The lowest BCUT2D eigenvalue weighted by atomic mass is 10.2. The fourth-order valence-corrected chi connectivity index (χ4v) is 1.86. The van der Waals surface area contributed by atoms with Crippen LogP contribution in [0.1, 0.15) is 33.1 Å². The molecule has 3 heteroatoms. The zero-order valence-electron chi connectivity index (χ0n) is 12.9. The minimum absolute atomic E-state index is 0.625. The van der Waals surface area contributed by atoms with E-state index in [9.17, 15) is 0 Å². The second kappa shape index (κ2) is 11.7. The Bertz CT molecular complexity index is 314. The molecular weight excluding hydrogens is 250 g/mol. The third kappa shape index (κ3) is 9.82. The van der Waals surface area contributed by atoms with Crippen LogP contribution in [-0.2, 0) is 4.74 Å². The van der Waals surface area contributed by atoms with Crippen molar-refractivity contribution in [1.82, 2.24) is 5.32 Å². The summed E-state index contributed by atoms with van der Waals surface area (Å²) >= 11 is 0. The summed E-state index contributed by atoms with van der Waals surface area (Å²) in [6.07, 6.45) is 3.59. The summed E-state index contributed by atoms with van der Waals surface area (Å²) in [5, 5.41) is 3.45. The van der Waals surface area contributed by atoms with Crippen LogP contribution in [0.25, 0.3) is 0 Å². The van der Waals surface area contributed by atoms with Gasteiger partial charge in [0.25, 0.3) is 0 Å². The van der Waals surface area contributed by atoms with Crippen molar-refractivity contribution in [2.75, 3.05) is 32.9 Å². The van der Waals surface area contributed by atoms with Gasteiger partial charge in [-0.15, -0.1) is 0 Å². The quantitative estimate of drug-likeness (QED) is 0.594. The van der Waals surface area contributed by atoms with Gasteiger partial charge in [-0.05, 0) is 50.4 Å². The highest BCUT2D eigenvalue weighted by atomic mass is 16.5. The van der Waals surface area contributed by atoms with E-state index in [1.165, 1.54) is 12.8 Å². The standard InChI is InChI=1S/C17H29NO2/c1-16(2)15-18-11-7-4-8-12-19-13-14-20-17-9-5-3-6-10-17/h3,5-6,9-10,16,18H,4,7-8,11-15H2,1-2H3. The van der Waals surface area contributed by atoms with Gasteiger partial charge in [-0.1, -0.05) is 32.0 Å². The highest BCUT2D eigenvalue weighted by molar-refractivity contribution is 5.20. The number of ether oxygens (including phenoxy) is 2. The fourth-order valence-electron chi connectivity index (χ4n) is 1.86. The molecule has 0 atom stereocenters. The molecular formula is C17H29NO2. The molecule has 1 rings (SSSR count). The molecule has 114 valence electrons. The molecule has 0 heterocycles. The molecule has 0 fully saturated rings. The molecule has 0 unspecified atom stereocenters. The van der Waals surface area contributed by atoms with Crippen molar-refractivity contribution in [2.45, 2.75) is 33.1 Å². The highest BCUT2D eigenvalue weighted by Crippen LogP contribution is 2.07. The predicted molar refractivity (Wildman–Crippen MR) is 84.3 cm³/mol. The first-order valence-corrected chi connectivity index (χ1v) is 7.75. The Balaban J connectivity index is 1.79. The summed E-state index contributed by atoms with van der Waals surface area (Å²) in [5.74, 6) is 1.65. The van der Waals surface area contributed by atoms with Crippen LogP contribution in [-0.4, -0.2) is 32.9 Å². The molecule has 0 aliphatic rings. The van der Waals surface area contributed by atoms with Crippen molar-refractivity contribution in [3.63, 3.8) is 0 Å². The van der Waals surface area contributed by atoms with Crippen LogP contribution in [0.4, 0.5) is 0 Å². The molecule has 0 spiro atoms. The van der Waals surface area contributed by atoms with Crippen LogP contribution in [0.3, 0.4) is 0 Å². The summed E-state index contributed by atoms with van der Waals surface area (Å²) < 4.78 is 11.1. The van der Waals surface area contributed by atoms with Crippen LogP contribution in [0.5, 0.6) is 5.75 Å². The molecule has 0 saturated heterocycles. The normalized spacial score (nSPS) is 10.9. The van der Waals surface area contributed by atoms with Crippen molar-refractivity contribution < 1.29 is 9.47 Å².